The van der Waals surface area contributed by atoms with Gasteiger partial charge >= 0.3 is 0 Å². The van der Waals surface area contributed by atoms with Gasteiger partial charge < -0.3 is 19.6 Å². The van der Waals surface area contributed by atoms with Crippen molar-refractivity contribution in [3.8, 4) is 5.75 Å². The lowest BCUT2D eigenvalue weighted by Gasteiger charge is -2.36. The zero-order valence-electron chi connectivity index (χ0n) is 19.2. The molecule has 2 fully saturated rings. The highest BCUT2D eigenvalue weighted by Gasteiger charge is 2.31. The number of aliphatic hydroxyl groups is 1. The Morgan fingerprint density at radius 3 is 2.00 bits per heavy atom. The second-order valence-electron chi connectivity index (χ2n) is 8.35. The molecule has 0 amide bonds. The second kappa shape index (κ2) is 10.2. The number of rotatable bonds is 7. The number of piperazine rings is 2. The van der Waals surface area contributed by atoms with Crippen molar-refractivity contribution < 1.29 is 18.3 Å². The Labute approximate surface area is 195 Å². The van der Waals surface area contributed by atoms with Gasteiger partial charge in [-0.2, -0.15) is 4.31 Å². The van der Waals surface area contributed by atoms with E-state index in [1.807, 2.05) is 25.1 Å². The minimum Gasteiger partial charge on any atom is -0.495 e. The Balaban J connectivity index is 1.37. The van der Waals surface area contributed by atoms with Gasteiger partial charge in [-0.3, -0.25) is 4.90 Å². The molecule has 0 aliphatic carbocycles. The van der Waals surface area contributed by atoms with Crippen LogP contribution in [0.2, 0.25) is 0 Å². The SMILES string of the molecule is COc1ccc(C)cc1S(=O)(=O)N1CCN(c2ccc(N3CCN(CCO)CC3)nn2)CC1. The third-order valence-corrected chi connectivity index (χ3v) is 8.17. The van der Waals surface area contributed by atoms with E-state index >= 15 is 0 Å². The summed E-state index contributed by atoms with van der Waals surface area (Å²) in [7, 11) is -2.16. The first kappa shape index (κ1) is 23.7. The van der Waals surface area contributed by atoms with Crippen LogP contribution in [0.3, 0.4) is 0 Å². The summed E-state index contributed by atoms with van der Waals surface area (Å²) in [6.45, 7) is 8.08. The van der Waals surface area contributed by atoms with Gasteiger partial charge in [-0.1, -0.05) is 6.07 Å². The first-order valence-electron chi connectivity index (χ1n) is 11.2. The largest absolute Gasteiger partial charge is 0.495 e. The Hall–Kier alpha value is -2.47. The lowest BCUT2D eigenvalue weighted by Crippen LogP contribution is -2.49. The molecule has 4 rings (SSSR count). The van der Waals surface area contributed by atoms with Gasteiger partial charge in [0.05, 0.1) is 13.7 Å². The standard InChI is InChI=1S/C22H32N6O4S/c1-18-3-4-19(32-2)20(17-18)33(30,31)28-13-11-27(12-14-28)22-6-5-21(23-24-22)26-9-7-25(8-10-26)15-16-29/h3-6,17,29H,7-16H2,1-2H3. The number of β-amino-alcohol motifs (C(OH)–C–C–N with tert-alkyl or cyclic N) is 1. The van der Waals surface area contributed by atoms with E-state index in [-0.39, 0.29) is 11.5 Å². The molecule has 1 N–H and O–H groups in total. The Kier molecular flexibility index (Phi) is 7.32. The maximum Gasteiger partial charge on any atom is 0.246 e. The van der Waals surface area contributed by atoms with Crippen molar-refractivity contribution in [2.45, 2.75) is 11.8 Å². The lowest BCUT2D eigenvalue weighted by atomic mass is 10.2. The minimum absolute atomic E-state index is 0.182. The maximum atomic E-state index is 13.2. The smallest absolute Gasteiger partial charge is 0.246 e. The fourth-order valence-electron chi connectivity index (χ4n) is 4.28. The van der Waals surface area contributed by atoms with E-state index in [1.165, 1.54) is 11.4 Å². The van der Waals surface area contributed by atoms with Crippen LogP contribution in [0, 0.1) is 6.92 Å². The molecule has 2 aliphatic heterocycles. The number of hydrogen-bond donors (Lipinski definition) is 1. The number of aliphatic hydroxyl groups excluding tert-OH is 1. The van der Waals surface area contributed by atoms with Crippen molar-refractivity contribution in [1.82, 2.24) is 19.4 Å². The van der Waals surface area contributed by atoms with Crippen LogP contribution in [0.4, 0.5) is 11.6 Å². The zero-order valence-corrected chi connectivity index (χ0v) is 20.0. The summed E-state index contributed by atoms with van der Waals surface area (Å²) in [6, 6.07) is 9.13. The van der Waals surface area contributed by atoms with Gasteiger partial charge in [-0.15, -0.1) is 10.2 Å². The summed E-state index contributed by atoms with van der Waals surface area (Å²) in [4.78, 5) is 6.71. The third-order valence-electron chi connectivity index (χ3n) is 6.25. The molecule has 10 nitrogen and oxygen atoms in total. The molecular formula is C22H32N6O4S. The Bertz CT molecular complexity index is 1030. The number of nitrogens with zero attached hydrogens (tertiary/aromatic N) is 6. The maximum absolute atomic E-state index is 13.2. The van der Waals surface area contributed by atoms with Crippen LogP contribution in [-0.2, 0) is 10.0 Å². The average molecular weight is 477 g/mol. The van der Waals surface area contributed by atoms with Crippen LogP contribution in [0.1, 0.15) is 5.56 Å². The fraction of sp³-hybridized carbons (Fsp3) is 0.545. The molecule has 2 aromatic rings. The van der Waals surface area contributed by atoms with E-state index < -0.39 is 10.0 Å². The van der Waals surface area contributed by atoms with Crippen molar-refractivity contribution in [2.24, 2.45) is 0 Å². The summed E-state index contributed by atoms with van der Waals surface area (Å²) < 4.78 is 33.2. The van der Waals surface area contributed by atoms with Crippen LogP contribution >= 0.6 is 0 Å². The molecule has 2 saturated heterocycles. The summed E-state index contributed by atoms with van der Waals surface area (Å²) in [5, 5.41) is 17.9. The van der Waals surface area contributed by atoms with Gasteiger partial charge in [0.2, 0.25) is 10.0 Å². The van der Waals surface area contributed by atoms with Gasteiger partial charge in [-0.05, 0) is 36.8 Å². The van der Waals surface area contributed by atoms with E-state index in [1.54, 1.807) is 12.1 Å². The number of ether oxygens (including phenoxy) is 1. The van der Waals surface area contributed by atoms with Gasteiger partial charge in [0.25, 0.3) is 0 Å². The van der Waals surface area contributed by atoms with Crippen LogP contribution in [-0.4, -0.2) is 106 Å². The van der Waals surface area contributed by atoms with Crippen molar-refractivity contribution in [3.05, 3.63) is 35.9 Å². The predicted octanol–water partition coefficient (Wildman–Crippen LogP) is 0.419. The van der Waals surface area contributed by atoms with Crippen LogP contribution < -0.4 is 14.5 Å². The molecule has 3 heterocycles. The van der Waals surface area contributed by atoms with Gasteiger partial charge in [0.1, 0.15) is 10.6 Å². The highest BCUT2D eigenvalue weighted by molar-refractivity contribution is 7.89. The highest BCUT2D eigenvalue weighted by atomic mass is 32.2. The number of benzene rings is 1. The molecule has 0 saturated carbocycles. The van der Waals surface area contributed by atoms with Crippen molar-refractivity contribution in [2.75, 3.05) is 82.4 Å². The molecule has 0 radical (unpaired) electrons. The molecule has 1 aromatic heterocycles. The molecule has 11 heteroatoms. The molecule has 0 atom stereocenters. The van der Waals surface area contributed by atoms with Crippen molar-refractivity contribution in [1.29, 1.82) is 0 Å². The second-order valence-corrected chi connectivity index (χ2v) is 10.3. The van der Waals surface area contributed by atoms with E-state index in [9.17, 15) is 8.42 Å². The number of aryl methyl sites for hydroxylation is 1. The Morgan fingerprint density at radius 2 is 1.48 bits per heavy atom. The third kappa shape index (κ3) is 5.21. The molecule has 180 valence electrons. The van der Waals surface area contributed by atoms with Crippen LogP contribution in [0.15, 0.2) is 35.2 Å². The summed E-state index contributed by atoms with van der Waals surface area (Å²) in [5.41, 5.74) is 0.873. The predicted molar refractivity (Wildman–Crippen MR) is 126 cm³/mol. The molecule has 0 spiro atoms. The monoisotopic (exact) mass is 476 g/mol. The summed E-state index contributed by atoms with van der Waals surface area (Å²) in [6.07, 6.45) is 0. The Morgan fingerprint density at radius 1 is 0.909 bits per heavy atom. The van der Waals surface area contributed by atoms with Crippen LogP contribution in [0.5, 0.6) is 5.75 Å². The fourth-order valence-corrected chi connectivity index (χ4v) is 5.94. The first-order chi connectivity index (χ1) is 15.9. The topological polar surface area (TPSA) is 102 Å². The normalized spacial score (nSPS) is 18.5. The number of aromatic nitrogens is 2. The molecule has 33 heavy (non-hydrogen) atoms. The number of hydrogen-bond acceptors (Lipinski definition) is 9. The van der Waals surface area contributed by atoms with E-state index in [0.29, 0.717) is 38.5 Å². The number of methoxy groups -OCH3 is 1. The molecule has 1 aromatic carbocycles. The van der Waals surface area contributed by atoms with Gasteiger partial charge in [-0.25, -0.2) is 8.42 Å². The van der Waals surface area contributed by atoms with Gasteiger partial charge in [0.15, 0.2) is 11.6 Å². The zero-order chi connectivity index (χ0) is 23.4. The van der Waals surface area contributed by atoms with E-state index in [2.05, 4.69) is 24.9 Å². The van der Waals surface area contributed by atoms with Crippen molar-refractivity contribution >= 4 is 21.7 Å². The highest BCUT2D eigenvalue weighted by Crippen LogP contribution is 2.29. The van der Waals surface area contributed by atoms with Crippen LogP contribution in [0.25, 0.3) is 0 Å². The summed E-state index contributed by atoms with van der Waals surface area (Å²) >= 11 is 0. The number of sulfonamides is 1. The lowest BCUT2D eigenvalue weighted by molar-refractivity contribution is 0.188. The quantitative estimate of drug-likeness (QED) is 0.609. The molecule has 2 aliphatic rings. The minimum atomic E-state index is -3.64. The molecule has 0 bridgehead atoms. The van der Waals surface area contributed by atoms with Crippen molar-refractivity contribution in [3.63, 3.8) is 0 Å². The number of anilines is 2. The van der Waals surface area contributed by atoms with E-state index in [4.69, 9.17) is 9.84 Å². The summed E-state index contributed by atoms with van der Waals surface area (Å²) in [5.74, 6) is 1.96. The average Bonchev–Trinajstić information content (AvgIpc) is 2.85. The molecule has 0 unspecified atom stereocenters. The first-order valence-corrected chi connectivity index (χ1v) is 12.7. The molecular weight excluding hydrogens is 444 g/mol. The van der Waals surface area contributed by atoms with E-state index in [0.717, 1.165) is 43.4 Å². The van der Waals surface area contributed by atoms with Gasteiger partial charge in [0, 0.05) is 58.9 Å².